The van der Waals surface area contributed by atoms with Gasteiger partial charge in [0, 0.05) is 5.69 Å². The van der Waals surface area contributed by atoms with Crippen LogP contribution in [0.3, 0.4) is 0 Å². The lowest BCUT2D eigenvalue weighted by Crippen LogP contribution is -2.30. The van der Waals surface area contributed by atoms with Crippen molar-refractivity contribution in [1.82, 2.24) is 20.2 Å². The lowest BCUT2D eigenvalue weighted by molar-refractivity contribution is -0.122. The summed E-state index contributed by atoms with van der Waals surface area (Å²) in [7, 11) is 0. The highest BCUT2D eigenvalue weighted by molar-refractivity contribution is 5.94. The Morgan fingerprint density at radius 2 is 1.92 bits per heavy atom. The monoisotopic (exact) mass is 337 g/mol. The third-order valence-electron chi connectivity index (χ3n) is 3.77. The number of hydrogen-bond acceptors (Lipinski definition) is 5. The summed E-state index contributed by atoms with van der Waals surface area (Å²) in [5.74, 6) is 0.400. The molecule has 0 bridgehead atoms. The molecule has 0 fully saturated rings. The van der Waals surface area contributed by atoms with Crippen LogP contribution in [0, 0.1) is 13.8 Å². The number of carbonyl (C=O) groups excluding carboxylic acids is 1. The summed E-state index contributed by atoms with van der Waals surface area (Å²) in [6.45, 7) is 5.70. The molecule has 0 aliphatic rings. The van der Waals surface area contributed by atoms with Gasteiger partial charge in [-0.1, -0.05) is 17.7 Å². The van der Waals surface area contributed by atoms with E-state index >= 15 is 0 Å². The van der Waals surface area contributed by atoms with Gasteiger partial charge in [-0.25, -0.2) is 4.68 Å². The zero-order valence-corrected chi connectivity index (χ0v) is 14.3. The van der Waals surface area contributed by atoms with E-state index in [0.29, 0.717) is 5.75 Å². The van der Waals surface area contributed by atoms with Gasteiger partial charge in [-0.05, 0) is 67.1 Å². The van der Waals surface area contributed by atoms with Crippen LogP contribution in [-0.2, 0) is 4.79 Å². The average Bonchev–Trinajstić information content (AvgIpc) is 3.12. The zero-order chi connectivity index (χ0) is 17.8. The molecule has 0 radical (unpaired) electrons. The number of carbonyl (C=O) groups is 1. The number of hydrogen-bond donors (Lipinski definition) is 1. The van der Waals surface area contributed by atoms with Gasteiger partial charge in [0.15, 0.2) is 6.10 Å². The Hall–Kier alpha value is -3.22. The van der Waals surface area contributed by atoms with Gasteiger partial charge >= 0.3 is 0 Å². The van der Waals surface area contributed by atoms with Gasteiger partial charge in [-0.3, -0.25) is 4.79 Å². The van der Waals surface area contributed by atoms with Crippen LogP contribution in [0.15, 0.2) is 48.8 Å². The lowest BCUT2D eigenvalue weighted by Gasteiger charge is -2.16. The molecule has 3 aromatic rings. The Morgan fingerprint density at radius 1 is 1.16 bits per heavy atom. The minimum Gasteiger partial charge on any atom is -0.481 e. The van der Waals surface area contributed by atoms with E-state index in [2.05, 4.69) is 20.8 Å². The van der Waals surface area contributed by atoms with Crippen molar-refractivity contribution in [2.45, 2.75) is 26.9 Å². The molecular formula is C18H19N5O2. The predicted octanol–water partition coefficient (Wildman–Crippen LogP) is 2.69. The zero-order valence-electron chi connectivity index (χ0n) is 14.3. The standard InChI is InChI=1S/C18H19N5O2/c1-12-4-9-17(13(2)10-12)20-18(24)14(3)25-16-7-5-15(6-8-16)23-11-19-21-22-23/h4-11,14H,1-3H3,(H,20,24)/t14-/m0/s1. The van der Waals surface area contributed by atoms with Crippen molar-refractivity contribution < 1.29 is 9.53 Å². The number of ether oxygens (including phenoxy) is 1. The third kappa shape index (κ3) is 4.00. The van der Waals surface area contributed by atoms with Crippen LogP contribution in [0.5, 0.6) is 5.75 Å². The van der Waals surface area contributed by atoms with E-state index in [1.165, 1.54) is 6.33 Å². The van der Waals surface area contributed by atoms with Crippen LogP contribution in [0.25, 0.3) is 5.69 Å². The second-order valence-electron chi connectivity index (χ2n) is 5.82. The normalized spacial score (nSPS) is 11.8. The van der Waals surface area contributed by atoms with Gasteiger partial charge < -0.3 is 10.1 Å². The van der Waals surface area contributed by atoms with Crippen LogP contribution < -0.4 is 10.1 Å². The van der Waals surface area contributed by atoms with Crippen molar-refractivity contribution in [3.8, 4) is 11.4 Å². The van der Waals surface area contributed by atoms with Crippen LogP contribution in [0.2, 0.25) is 0 Å². The molecule has 0 aliphatic carbocycles. The molecule has 0 saturated carbocycles. The van der Waals surface area contributed by atoms with Gasteiger partial charge in [0.05, 0.1) is 5.69 Å². The van der Waals surface area contributed by atoms with Crippen LogP contribution in [-0.4, -0.2) is 32.2 Å². The fourth-order valence-corrected chi connectivity index (χ4v) is 2.40. The number of nitrogens with one attached hydrogen (secondary N) is 1. The molecule has 2 aromatic carbocycles. The molecule has 0 aliphatic heterocycles. The maximum Gasteiger partial charge on any atom is 0.265 e. The van der Waals surface area contributed by atoms with Crippen LogP contribution in [0.4, 0.5) is 5.69 Å². The highest BCUT2D eigenvalue weighted by atomic mass is 16.5. The maximum absolute atomic E-state index is 12.3. The number of benzene rings is 2. The first-order valence-corrected chi connectivity index (χ1v) is 7.91. The summed E-state index contributed by atoms with van der Waals surface area (Å²) in [6.07, 6.45) is 0.884. The van der Waals surface area contributed by atoms with E-state index in [9.17, 15) is 4.79 Å². The number of aryl methyl sites for hydroxylation is 2. The summed E-state index contributed by atoms with van der Waals surface area (Å²) < 4.78 is 7.25. The molecule has 1 amide bonds. The summed E-state index contributed by atoms with van der Waals surface area (Å²) in [6, 6.07) is 13.1. The molecule has 1 aromatic heterocycles. The van der Waals surface area contributed by atoms with Gasteiger partial charge in [-0.2, -0.15) is 0 Å². The second-order valence-corrected chi connectivity index (χ2v) is 5.82. The number of amides is 1. The number of aromatic nitrogens is 4. The first kappa shape index (κ1) is 16.6. The van der Waals surface area contributed by atoms with Crippen molar-refractivity contribution in [2.75, 3.05) is 5.32 Å². The Balaban J connectivity index is 1.63. The smallest absolute Gasteiger partial charge is 0.265 e. The van der Waals surface area contributed by atoms with Gasteiger partial charge in [0.1, 0.15) is 12.1 Å². The molecule has 25 heavy (non-hydrogen) atoms. The highest BCUT2D eigenvalue weighted by Crippen LogP contribution is 2.18. The number of rotatable bonds is 5. The van der Waals surface area contributed by atoms with Crippen LogP contribution >= 0.6 is 0 Å². The lowest BCUT2D eigenvalue weighted by atomic mass is 10.1. The van der Waals surface area contributed by atoms with E-state index in [1.807, 2.05) is 44.2 Å². The second kappa shape index (κ2) is 7.12. The largest absolute Gasteiger partial charge is 0.481 e. The van der Waals surface area contributed by atoms with E-state index in [-0.39, 0.29) is 5.91 Å². The van der Waals surface area contributed by atoms with Gasteiger partial charge in [0.2, 0.25) is 0 Å². The summed E-state index contributed by atoms with van der Waals surface area (Å²) in [4.78, 5) is 12.3. The molecule has 0 saturated heterocycles. The summed E-state index contributed by atoms with van der Waals surface area (Å²) in [5, 5.41) is 13.9. The fourth-order valence-electron chi connectivity index (χ4n) is 2.40. The first-order valence-electron chi connectivity index (χ1n) is 7.91. The van der Waals surface area contributed by atoms with E-state index in [0.717, 1.165) is 22.5 Å². The number of tetrazole rings is 1. The topological polar surface area (TPSA) is 81.9 Å². The summed E-state index contributed by atoms with van der Waals surface area (Å²) in [5.41, 5.74) is 3.78. The number of nitrogens with zero attached hydrogens (tertiary/aromatic N) is 4. The van der Waals surface area contributed by atoms with E-state index in [4.69, 9.17) is 4.74 Å². The average molecular weight is 337 g/mol. The van der Waals surface area contributed by atoms with E-state index < -0.39 is 6.10 Å². The molecule has 0 unspecified atom stereocenters. The Bertz CT molecular complexity index is 860. The quantitative estimate of drug-likeness (QED) is 0.774. The van der Waals surface area contributed by atoms with Crippen LogP contribution in [0.1, 0.15) is 18.1 Å². The van der Waals surface area contributed by atoms with Crippen molar-refractivity contribution in [3.05, 3.63) is 59.9 Å². The molecule has 0 spiro atoms. The van der Waals surface area contributed by atoms with Gasteiger partial charge in [0.25, 0.3) is 5.91 Å². The van der Waals surface area contributed by atoms with Crippen molar-refractivity contribution >= 4 is 11.6 Å². The number of anilines is 1. The molecule has 128 valence electrons. The minimum absolute atomic E-state index is 0.198. The molecular weight excluding hydrogens is 318 g/mol. The fraction of sp³-hybridized carbons (Fsp3) is 0.222. The molecule has 1 atom stereocenters. The molecule has 1 N–H and O–H groups in total. The molecule has 3 rings (SSSR count). The Labute approximate surface area is 145 Å². The molecule has 1 heterocycles. The first-order chi connectivity index (χ1) is 12.0. The van der Waals surface area contributed by atoms with Crippen molar-refractivity contribution in [3.63, 3.8) is 0 Å². The third-order valence-corrected chi connectivity index (χ3v) is 3.77. The Kier molecular flexibility index (Phi) is 4.74. The SMILES string of the molecule is Cc1ccc(NC(=O)[C@H](C)Oc2ccc(-n3cnnn3)cc2)c(C)c1. The maximum atomic E-state index is 12.3. The van der Waals surface area contributed by atoms with Crippen molar-refractivity contribution in [1.29, 1.82) is 0 Å². The Morgan fingerprint density at radius 3 is 2.56 bits per heavy atom. The van der Waals surface area contributed by atoms with Crippen molar-refractivity contribution in [2.24, 2.45) is 0 Å². The van der Waals surface area contributed by atoms with Gasteiger partial charge in [-0.15, -0.1) is 5.10 Å². The minimum atomic E-state index is -0.625. The summed E-state index contributed by atoms with van der Waals surface area (Å²) >= 11 is 0. The predicted molar refractivity (Wildman–Crippen MR) is 93.8 cm³/mol. The molecule has 7 heteroatoms. The highest BCUT2D eigenvalue weighted by Gasteiger charge is 2.15. The molecule has 7 nitrogen and oxygen atoms in total. The van der Waals surface area contributed by atoms with E-state index in [1.54, 1.807) is 23.7 Å².